The summed E-state index contributed by atoms with van der Waals surface area (Å²) in [4.78, 5) is 13.5. The van der Waals surface area contributed by atoms with Crippen molar-refractivity contribution in [3.05, 3.63) is 54.2 Å². The van der Waals surface area contributed by atoms with Crippen molar-refractivity contribution in [1.29, 1.82) is 0 Å². The van der Waals surface area contributed by atoms with Gasteiger partial charge in [0.2, 0.25) is 0 Å². The number of fused-ring (bicyclic) bond motifs is 2. The maximum Gasteiger partial charge on any atom is 0.152 e. The lowest BCUT2D eigenvalue weighted by atomic mass is 10.1. The van der Waals surface area contributed by atoms with Crippen molar-refractivity contribution in [2.45, 2.75) is 25.8 Å². The fourth-order valence-electron chi connectivity index (χ4n) is 3.36. The number of aromatic nitrogens is 2. The minimum absolute atomic E-state index is 0.887. The number of anilines is 1. The van der Waals surface area contributed by atoms with Crippen molar-refractivity contribution >= 4 is 16.8 Å². The maximum atomic E-state index is 5.88. The van der Waals surface area contributed by atoms with E-state index >= 15 is 0 Å². The standard InChI is InChI=1S/C19H22N4O/c1-22-14-23(13-17-19(22)21-10-9-20-17)11-5-4-7-16-12-15-6-2-3-8-18(15)24-16/h2-3,6,8-10,12H,4-5,7,11,13-14H2,1H3. The molecule has 0 atom stereocenters. The third-order valence-corrected chi connectivity index (χ3v) is 4.52. The number of benzene rings is 1. The molecule has 0 fully saturated rings. The molecule has 24 heavy (non-hydrogen) atoms. The molecule has 0 saturated heterocycles. The zero-order valence-corrected chi connectivity index (χ0v) is 14.0. The molecule has 1 aromatic carbocycles. The van der Waals surface area contributed by atoms with Gasteiger partial charge in [-0.2, -0.15) is 0 Å². The highest BCUT2D eigenvalue weighted by molar-refractivity contribution is 5.77. The molecular weight excluding hydrogens is 300 g/mol. The van der Waals surface area contributed by atoms with E-state index in [2.05, 4.69) is 45.0 Å². The Morgan fingerprint density at radius 2 is 2.00 bits per heavy atom. The molecule has 124 valence electrons. The fourth-order valence-corrected chi connectivity index (χ4v) is 3.36. The largest absolute Gasteiger partial charge is 0.461 e. The fraction of sp³-hybridized carbons (Fsp3) is 0.368. The van der Waals surface area contributed by atoms with E-state index < -0.39 is 0 Å². The second-order valence-corrected chi connectivity index (χ2v) is 6.43. The van der Waals surface area contributed by atoms with Crippen LogP contribution in [0.5, 0.6) is 0 Å². The summed E-state index contributed by atoms with van der Waals surface area (Å²) in [5.41, 5.74) is 2.06. The second-order valence-electron chi connectivity index (χ2n) is 6.43. The highest BCUT2D eigenvalue weighted by Gasteiger charge is 2.21. The van der Waals surface area contributed by atoms with Crippen molar-refractivity contribution in [3.63, 3.8) is 0 Å². The lowest BCUT2D eigenvalue weighted by Crippen LogP contribution is -2.41. The van der Waals surface area contributed by atoms with E-state index in [-0.39, 0.29) is 0 Å². The monoisotopic (exact) mass is 322 g/mol. The smallest absolute Gasteiger partial charge is 0.152 e. The third-order valence-electron chi connectivity index (χ3n) is 4.52. The van der Waals surface area contributed by atoms with Gasteiger partial charge in [0.25, 0.3) is 0 Å². The van der Waals surface area contributed by atoms with Gasteiger partial charge in [0.1, 0.15) is 11.3 Å². The maximum absolute atomic E-state index is 5.88. The zero-order chi connectivity index (χ0) is 16.4. The summed E-state index contributed by atoms with van der Waals surface area (Å²) in [5, 5.41) is 1.19. The van der Waals surface area contributed by atoms with Gasteiger partial charge >= 0.3 is 0 Å². The van der Waals surface area contributed by atoms with Crippen LogP contribution >= 0.6 is 0 Å². The lowest BCUT2D eigenvalue weighted by molar-refractivity contribution is 0.246. The number of para-hydroxylation sites is 1. The summed E-state index contributed by atoms with van der Waals surface area (Å²) in [7, 11) is 2.08. The van der Waals surface area contributed by atoms with E-state index in [9.17, 15) is 0 Å². The molecule has 0 N–H and O–H groups in total. The van der Waals surface area contributed by atoms with Crippen LogP contribution in [0.4, 0.5) is 5.82 Å². The second kappa shape index (κ2) is 6.61. The molecule has 0 amide bonds. The molecule has 1 aliphatic heterocycles. The molecule has 3 heterocycles. The van der Waals surface area contributed by atoms with Crippen molar-refractivity contribution < 1.29 is 4.42 Å². The predicted molar refractivity (Wildman–Crippen MR) is 94.9 cm³/mol. The molecule has 3 aromatic rings. The molecule has 1 aliphatic rings. The van der Waals surface area contributed by atoms with Crippen molar-refractivity contribution in [2.75, 3.05) is 25.2 Å². The van der Waals surface area contributed by atoms with Crippen molar-refractivity contribution in [3.8, 4) is 0 Å². The van der Waals surface area contributed by atoms with Crippen molar-refractivity contribution in [1.82, 2.24) is 14.9 Å². The van der Waals surface area contributed by atoms with Crippen LogP contribution in [0.1, 0.15) is 24.3 Å². The Labute approximate surface area is 141 Å². The Kier molecular flexibility index (Phi) is 4.17. The molecule has 0 saturated carbocycles. The van der Waals surface area contributed by atoms with Gasteiger partial charge in [0.05, 0.1) is 12.4 Å². The lowest BCUT2D eigenvalue weighted by Gasteiger charge is -2.34. The molecule has 0 unspecified atom stereocenters. The Morgan fingerprint density at radius 1 is 1.12 bits per heavy atom. The van der Waals surface area contributed by atoms with Crippen LogP contribution in [0.3, 0.4) is 0 Å². The summed E-state index contributed by atoms with van der Waals surface area (Å²) in [6.45, 7) is 2.87. The van der Waals surface area contributed by atoms with E-state index in [0.29, 0.717) is 0 Å². The average Bonchev–Trinajstić information content (AvgIpc) is 3.02. The van der Waals surface area contributed by atoms with Gasteiger partial charge < -0.3 is 9.32 Å². The van der Waals surface area contributed by atoms with Gasteiger partial charge in [-0.25, -0.2) is 4.98 Å². The number of nitrogens with zero attached hydrogens (tertiary/aromatic N) is 4. The highest BCUT2D eigenvalue weighted by Crippen LogP contribution is 2.22. The molecule has 5 heteroatoms. The Balaban J connectivity index is 1.29. The van der Waals surface area contributed by atoms with Crippen LogP contribution in [0, 0.1) is 0 Å². The van der Waals surface area contributed by atoms with Gasteiger partial charge in [-0.05, 0) is 25.0 Å². The van der Waals surface area contributed by atoms with Crippen LogP contribution in [0.15, 0.2) is 47.1 Å². The first kappa shape index (κ1) is 15.1. The van der Waals surface area contributed by atoms with Gasteiger partial charge in [-0.1, -0.05) is 18.2 Å². The van der Waals surface area contributed by atoms with E-state index in [1.807, 2.05) is 12.1 Å². The zero-order valence-electron chi connectivity index (χ0n) is 14.0. The summed E-state index contributed by atoms with van der Waals surface area (Å²) >= 11 is 0. The highest BCUT2D eigenvalue weighted by atomic mass is 16.3. The Hall–Kier alpha value is -2.40. The SMILES string of the molecule is CN1CN(CCCCc2cc3ccccc3o2)Cc2nccnc21. The normalized spacial score (nSPS) is 15.0. The average molecular weight is 322 g/mol. The van der Waals surface area contributed by atoms with Crippen molar-refractivity contribution in [2.24, 2.45) is 0 Å². The van der Waals surface area contributed by atoms with Crippen LogP contribution in [-0.2, 0) is 13.0 Å². The van der Waals surface area contributed by atoms with E-state index in [1.54, 1.807) is 12.4 Å². The predicted octanol–water partition coefficient (Wildman–Crippen LogP) is 3.46. The third kappa shape index (κ3) is 3.12. The van der Waals surface area contributed by atoms with Crippen LogP contribution in [0.2, 0.25) is 0 Å². The number of aryl methyl sites for hydroxylation is 1. The number of furan rings is 1. The molecule has 2 aromatic heterocycles. The van der Waals surface area contributed by atoms with Gasteiger partial charge in [-0.15, -0.1) is 0 Å². The summed E-state index contributed by atoms with van der Waals surface area (Å²) < 4.78 is 5.88. The number of rotatable bonds is 5. The first-order valence-corrected chi connectivity index (χ1v) is 8.50. The summed E-state index contributed by atoms with van der Waals surface area (Å²) in [5.74, 6) is 2.10. The summed E-state index contributed by atoms with van der Waals surface area (Å²) in [6.07, 6.45) is 6.82. The molecule has 4 rings (SSSR count). The van der Waals surface area contributed by atoms with E-state index in [4.69, 9.17) is 4.42 Å². The van der Waals surface area contributed by atoms with Gasteiger partial charge in [0, 0.05) is 44.3 Å². The van der Waals surface area contributed by atoms with E-state index in [0.717, 1.165) is 61.9 Å². The quantitative estimate of drug-likeness (QED) is 0.673. The molecular formula is C19H22N4O. The number of unbranched alkanes of at least 4 members (excludes halogenated alkanes) is 1. The number of hydrogen-bond donors (Lipinski definition) is 0. The Bertz CT molecular complexity index is 796. The topological polar surface area (TPSA) is 45.4 Å². The first-order chi connectivity index (χ1) is 11.8. The van der Waals surface area contributed by atoms with Crippen LogP contribution in [-0.4, -0.2) is 35.1 Å². The molecule has 0 aliphatic carbocycles. The Morgan fingerprint density at radius 3 is 2.92 bits per heavy atom. The molecule has 0 bridgehead atoms. The number of hydrogen-bond acceptors (Lipinski definition) is 5. The van der Waals surface area contributed by atoms with Crippen LogP contribution in [0.25, 0.3) is 11.0 Å². The molecule has 0 spiro atoms. The van der Waals surface area contributed by atoms with E-state index in [1.165, 1.54) is 5.39 Å². The molecule has 5 nitrogen and oxygen atoms in total. The molecule has 0 radical (unpaired) electrons. The summed E-state index contributed by atoms with van der Waals surface area (Å²) in [6, 6.07) is 10.4. The first-order valence-electron chi connectivity index (χ1n) is 8.50. The van der Waals surface area contributed by atoms with Gasteiger partial charge in [0.15, 0.2) is 5.82 Å². The minimum atomic E-state index is 0.887. The van der Waals surface area contributed by atoms with Gasteiger partial charge in [-0.3, -0.25) is 9.88 Å². The minimum Gasteiger partial charge on any atom is -0.461 e. The van der Waals surface area contributed by atoms with Crippen LogP contribution < -0.4 is 4.90 Å².